The zero-order valence-electron chi connectivity index (χ0n) is 14.2. The number of rotatable bonds is 6. The first kappa shape index (κ1) is 17.3. The van der Waals surface area contributed by atoms with Crippen molar-refractivity contribution in [3.63, 3.8) is 0 Å². The fraction of sp³-hybridized carbons (Fsp3) is 0.450. The van der Waals surface area contributed by atoms with E-state index in [1.807, 2.05) is 38.1 Å². The van der Waals surface area contributed by atoms with Crippen LogP contribution in [0.4, 0.5) is 0 Å². The molecule has 0 radical (unpaired) electrons. The van der Waals surface area contributed by atoms with E-state index in [1.165, 1.54) is 12.8 Å². The molecule has 1 aromatic carbocycles. The molecule has 1 atom stereocenters. The molecule has 0 aliphatic rings. The third kappa shape index (κ3) is 4.46. The molecule has 2 aromatic rings. The van der Waals surface area contributed by atoms with Gasteiger partial charge in [0.05, 0.1) is 5.56 Å². The van der Waals surface area contributed by atoms with Crippen molar-refractivity contribution in [1.82, 2.24) is 4.98 Å². The van der Waals surface area contributed by atoms with Crippen LogP contribution in [0.3, 0.4) is 0 Å². The van der Waals surface area contributed by atoms with Gasteiger partial charge in [-0.1, -0.05) is 49.8 Å². The summed E-state index contributed by atoms with van der Waals surface area (Å²) in [6.45, 7) is 6.74. The van der Waals surface area contributed by atoms with Gasteiger partial charge in [0.25, 0.3) is 5.56 Å². The topological polar surface area (TPSA) is 42.1 Å². The molecular weight excluding hydrogens is 286 g/mol. The summed E-state index contributed by atoms with van der Waals surface area (Å²) in [5.74, 6) is 6.22. The Balaban J connectivity index is 2.31. The first-order chi connectivity index (χ1) is 11.2. The molecule has 23 heavy (non-hydrogen) atoms. The maximum atomic E-state index is 12.3. The van der Waals surface area contributed by atoms with Gasteiger partial charge in [-0.2, -0.15) is 0 Å². The molecule has 1 aromatic heterocycles. The summed E-state index contributed by atoms with van der Waals surface area (Å²) in [7, 11) is 0. The Morgan fingerprint density at radius 1 is 1.22 bits per heavy atom. The lowest BCUT2D eigenvalue weighted by atomic mass is 10.0. The molecule has 0 aliphatic heterocycles. The van der Waals surface area contributed by atoms with Gasteiger partial charge in [-0.3, -0.25) is 4.79 Å². The first-order valence-corrected chi connectivity index (χ1v) is 8.42. The van der Waals surface area contributed by atoms with E-state index in [0.717, 1.165) is 29.3 Å². The number of fused-ring (bicyclic) bond motifs is 1. The van der Waals surface area contributed by atoms with Crippen molar-refractivity contribution in [2.75, 3.05) is 6.61 Å². The summed E-state index contributed by atoms with van der Waals surface area (Å²) in [6.07, 6.45) is 4.27. The molecular formula is C20H25NO2. The number of unbranched alkanes of at least 4 members (excludes halogenated alkanes) is 2. The van der Waals surface area contributed by atoms with Crippen molar-refractivity contribution < 1.29 is 4.74 Å². The molecule has 0 saturated carbocycles. The van der Waals surface area contributed by atoms with Crippen LogP contribution in [0.2, 0.25) is 0 Å². The molecule has 0 bridgehead atoms. The van der Waals surface area contributed by atoms with Crippen LogP contribution in [-0.4, -0.2) is 17.7 Å². The molecule has 122 valence electrons. The van der Waals surface area contributed by atoms with E-state index in [2.05, 4.69) is 23.7 Å². The summed E-state index contributed by atoms with van der Waals surface area (Å²) >= 11 is 0. The van der Waals surface area contributed by atoms with Crippen LogP contribution < -0.4 is 5.56 Å². The standard InChI is InChI=1S/C20H25NO2/c1-4-6-7-10-16(23-5-2)13-14-18-15(3)17-11-8-9-12-19(17)21-20(18)22/h8-9,11-12,16H,4-7,10H2,1-3H3,(H,21,22). The number of hydrogen-bond donors (Lipinski definition) is 1. The fourth-order valence-corrected chi connectivity index (χ4v) is 2.69. The van der Waals surface area contributed by atoms with Crippen LogP contribution in [0.15, 0.2) is 29.1 Å². The highest BCUT2D eigenvalue weighted by molar-refractivity contribution is 5.83. The number of H-pyrrole nitrogens is 1. The Bertz CT molecular complexity index is 765. The maximum Gasteiger partial charge on any atom is 0.264 e. The number of ether oxygens (including phenoxy) is 1. The van der Waals surface area contributed by atoms with Gasteiger partial charge in [-0.05, 0) is 38.3 Å². The maximum absolute atomic E-state index is 12.3. The molecule has 0 fully saturated rings. The number of nitrogens with one attached hydrogen (secondary N) is 1. The number of aromatic nitrogens is 1. The molecule has 0 amide bonds. The monoisotopic (exact) mass is 311 g/mol. The molecule has 1 N–H and O–H groups in total. The van der Waals surface area contributed by atoms with Crippen LogP contribution in [0.5, 0.6) is 0 Å². The lowest BCUT2D eigenvalue weighted by molar-refractivity contribution is 0.0949. The number of aryl methyl sites for hydroxylation is 1. The average Bonchev–Trinajstić information content (AvgIpc) is 2.54. The lowest BCUT2D eigenvalue weighted by Gasteiger charge is -2.10. The van der Waals surface area contributed by atoms with Gasteiger partial charge in [0.15, 0.2) is 0 Å². The van der Waals surface area contributed by atoms with Gasteiger partial charge in [0.1, 0.15) is 6.10 Å². The third-order valence-corrected chi connectivity index (χ3v) is 3.98. The number of para-hydroxylation sites is 1. The van der Waals surface area contributed by atoms with E-state index >= 15 is 0 Å². The molecule has 1 unspecified atom stereocenters. The second-order valence-electron chi connectivity index (χ2n) is 5.71. The van der Waals surface area contributed by atoms with E-state index < -0.39 is 0 Å². The molecule has 1 heterocycles. The smallest absolute Gasteiger partial charge is 0.264 e. The van der Waals surface area contributed by atoms with Crippen LogP contribution in [0.1, 0.15) is 50.7 Å². The van der Waals surface area contributed by atoms with Gasteiger partial charge >= 0.3 is 0 Å². The number of pyridine rings is 1. The third-order valence-electron chi connectivity index (χ3n) is 3.98. The van der Waals surface area contributed by atoms with Crippen LogP contribution in [0, 0.1) is 18.8 Å². The summed E-state index contributed by atoms with van der Waals surface area (Å²) in [6, 6.07) is 7.81. The van der Waals surface area contributed by atoms with Crippen molar-refractivity contribution in [2.24, 2.45) is 0 Å². The second-order valence-corrected chi connectivity index (χ2v) is 5.71. The van der Waals surface area contributed by atoms with Crippen molar-refractivity contribution in [2.45, 2.75) is 52.6 Å². The number of aromatic amines is 1. The molecule has 3 nitrogen and oxygen atoms in total. The van der Waals surface area contributed by atoms with Crippen molar-refractivity contribution in [3.8, 4) is 11.8 Å². The summed E-state index contributed by atoms with van der Waals surface area (Å²) < 4.78 is 5.69. The van der Waals surface area contributed by atoms with Gasteiger partial charge < -0.3 is 9.72 Å². The molecule has 3 heteroatoms. The van der Waals surface area contributed by atoms with Gasteiger partial charge in [-0.15, -0.1) is 0 Å². The van der Waals surface area contributed by atoms with E-state index in [1.54, 1.807) is 0 Å². The Kier molecular flexibility index (Phi) is 6.43. The van der Waals surface area contributed by atoms with Crippen LogP contribution in [-0.2, 0) is 4.74 Å². The predicted octanol–water partition coefficient (Wildman–Crippen LogP) is 4.17. The van der Waals surface area contributed by atoms with E-state index in [-0.39, 0.29) is 11.7 Å². The molecule has 0 saturated heterocycles. The highest BCUT2D eigenvalue weighted by atomic mass is 16.5. The number of hydrogen-bond acceptors (Lipinski definition) is 2. The van der Waals surface area contributed by atoms with E-state index in [0.29, 0.717) is 12.2 Å². The minimum absolute atomic E-state index is 0.100. The van der Waals surface area contributed by atoms with Gasteiger partial charge in [-0.25, -0.2) is 0 Å². The van der Waals surface area contributed by atoms with Crippen molar-refractivity contribution in [1.29, 1.82) is 0 Å². The second kappa shape index (κ2) is 8.55. The van der Waals surface area contributed by atoms with Crippen molar-refractivity contribution >= 4 is 10.9 Å². The highest BCUT2D eigenvalue weighted by Crippen LogP contribution is 2.16. The Morgan fingerprint density at radius 3 is 2.74 bits per heavy atom. The Labute approximate surface area is 138 Å². The number of benzene rings is 1. The summed E-state index contributed by atoms with van der Waals surface area (Å²) in [5.41, 5.74) is 2.20. The molecule has 0 spiro atoms. The van der Waals surface area contributed by atoms with Crippen LogP contribution >= 0.6 is 0 Å². The fourth-order valence-electron chi connectivity index (χ4n) is 2.69. The quantitative estimate of drug-likeness (QED) is 0.642. The van der Waals surface area contributed by atoms with Gasteiger partial charge in [0.2, 0.25) is 0 Å². The normalized spacial score (nSPS) is 12.0. The molecule has 0 aliphatic carbocycles. The van der Waals surface area contributed by atoms with Crippen molar-refractivity contribution in [3.05, 3.63) is 45.7 Å². The Hall–Kier alpha value is -2.05. The average molecular weight is 311 g/mol. The largest absolute Gasteiger partial charge is 0.366 e. The van der Waals surface area contributed by atoms with E-state index in [9.17, 15) is 4.79 Å². The molecule has 2 rings (SSSR count). The predicted molar refractivity (Wildman–Crippen MR) is 95.7 cm³/mol. The zero-order valence-corrected chi connectivity index (χ0v) is 14.2. The highest BCUT2D eigenvalue weighted by Gasteiger charge is 2.08. The zero-order chi connectivity index (χ0) is 16.7. The van der Waals surface area contributed by atoms with Gasteiger partial charge in [0, 0.05) is 17.5 Å². The lowest BCUT2D eigenvalue weighted by Crippen LogP contribution is -2.14. The summed E-state index contributed by atoms with van der Waals surface area (Å²) in [5, 5.41) is 1.04. The minimum atomic E-state index is -0.127. The van der Waals surface area contributed by atoms with E-state index in [4.69, 9.17) is 4.74 Å². The first-order valence-electron chi connectivity index (χ1n) is 8.42. The summed E-state index contributed by atoms with van der Waals surface area (Å²) in [4.78, 5) is 15.2. The Morgan fingerprint density at radius 2 is 2.00 bits per heavy atom. The van der Waals surface area contributed by atoms with Crippen LogP contribution in [0.25, 0.3) is 10.9 Å². The SMILES string of the molecule is CCCCCC(C#Cc1c(C)c2ccccc2[nH]c1=O)OCC. The minimum Gasteiger partial charge on any atom is -0.366 e.